The Morgan fingerprint density at radius 1 is 1.79 bits per heavy atom. The summed E-state index contributed by atoms with van der Waals surface area (Å²) in [6.07, 6.45) is 9.62. The van der Waals surface area contributed by atoms with E-state index in [1.54, 1.807) is 7.11 Å². The van der Waals surface area contributed by atoms with Crippen LogP contribution in [-0.2, 0) is 4.74 Å². The first-order valence-corrected chi connectivity index (χ1v) is 4.91. The maximum atomic E-state index is 5.56. The van der Waals surface area contributed by atoms with Gasteiger partial charge in [0.05, 0.1) is 0 Å². The Kier molecular flexibility index (Phi) is 3.18. The highest BCUT2D eigenvalue weighted by atomic mass is 16.5. The lowest BCUT2D eigenvalue weighted by molar-refractivity contribution is 0.0489. The number of ether oxygens (including phenoxy) is 1. The van der Waals surface area contributed by atoms with E-state index in [0.717, 1.165) is 18.4 Å². The molecule has 2 atom stereocenters. The van der Waals surface area contributed by atoms with E-state index in [1.165, 1.54) is 5.57 Å². The molecule has 1 rings (SSSR count). The van der Waals surface area contributed by atoms with Crippen LogP contribution in [0.2, 0.25) is 0 Å². The van der Waals surface area contributed by atoms with E-state index in [1.807, 2.05) is 6.92 Å². The Morgan fingerprint density at radius 3 is 2.86 bits per heavy atom. The largest absolute Gasteiger partial charge is 0.362 e. The van der Waals surface area contributed by atoms with E-state index in [4.69, 9.17) is 11.2 Å². The summed E-state index contributed by atoms with van der Waals surface area (Å²) in [7, 11) is 1.68. The van der Waals surface area contributed by atoms with E-state index < -0.39 is 5.60 Å². The Balaban J connectivity index is 2.98. The van der Waals surface area contributed by atoms with Crippen LogP contribution in [0.25, 0.3) is 0 Å². The van der Waals surface area contributed by atoms with Crippen LogP contribution in [0.3, 0.4) is 0 Å². The fourth-order valence-corrected chi connectivity index (χ4v) is 1.93. The number of methoxy groups -OCH3 is 1. The first kappa shape index (κ1) is 11.1. The van der Waals surface area contributed by atoms with E-state index in [9.17, 15) is 0 Å². The number of terminal acetylenes is 1. The molecule has 1 aliphatic carbocycles. The van der Waals surface area contributed by atoms with Gasteiger partial charge in [-0.2, -0.15) is 0 Å². The summed E-state index contributed by atoms with van der Waals surface area (Å²) < 4.78 is 5.48. The number of rotatable bonds is 2. The van der Waals surface area contributed by atoms with Crippen molar-refractivity contribution in [3.8, 4) is 12.3 Å². The highest BCUT2D eigenvalue weighted by Crippen LogP contribution is 2.37. The highest BCUT2D eigenvalue weighted by Gasteiger charge is 2.35. The van der Waals surface area contributed by atoms with Crippen molar-refractivity contribution in [2.24, 2.45) is 5.92 Å². The molecule has 14 heavy (non-hydrogen) atoms. The zero-order valence-corrected chi connectivity index (χ0v) is 9.26. The van der Waals surface area contributed by atoms with Crippen LogP contribution in [0.4, 0.5) is 0 Å². The van der Waals surface area contributed by atoms with Crippen molar-refractivity contribution in [3.63, 3.8) is 0 Å². The van der Waals surface area contributed by atoms with Gasteiger partial charge in [0.25, 0.3) is 0 Å². The van der Waals surface area contributed by atoms with Gasteiger partial charge in [0.15, 0.2) is 0 Å². The minimum Gasteiger partial charge on any atom is -0.362 e. The lowest BCUT2D eigenvalue weighted by Gasteiger charge is -2.36. The first-order valence-electron chi connectivity index (χ1n) is 4.91. The second-order valence-electron chi connectivity index (χ2n) is 4.05. The van der Waals surface area contributed by atoms with Gasteiger partial charge >= 0.3 is 0 Å². The lowest BCUT2D eigenvalue weighted by atomic mass is 9.76. The second-order valence-corrected chi connectivity index (χ2v) is 4.05. The van der Waals surface area contributed by atoms with Gasteiger partial charge < -0.3 is 4.74 Å². The molecule has 0 heterocycles. The zero-order valence-electron chi connectivity index (χ0n) is 9.26. The summed E-state index contributed by atoms with van der Waals surface area (Å²) in [4.78, 5) is 0. The van der Waals surface area contributed by atoms with Gasteiger partial charge in [-0.05, 0) is 38.2 Å². The van der Waals surface area contributed by atoms with Crippen LogP contribution in [0.5, 0.6) is 0 Å². The fraction of sp³-hybridized carbons (Fsp3) is 0.538. The molecule has 76 valence electrons. The predicted molar refractivity (Wildman–Crippen MR) is 59.9 cm³/mol. The van der Waals surface area contributed by atoms with Gasteiger partial charge in [0.2, 0.25) is 0 Å². The van der Waals surface area contributed by atoms with Crippen LogP contribution in [-0.4, -0.2) is 12.7 Å². The zero-order chi connectivity index (χ0) is 10.8. The molecule has 0 spiro atoms. The lowest BCUT2D eigenvalue weighted by Crippen LogP contribution is -2.36. The summed E-state index contributed by atoms with van der Waals surface area (Å²) >= 11 is 0. The van der Waals surface area contributed by atoms with Gasteiger partial charge in [-0.15, -0.1) is 6.42 Å². The minimum atomic E-state index is -0.498. The fourth-order valence-electron chi connectivity index (χ4n) is 1.93. The molecule has 0 aliphatic heterocycles. The first-order chi connectivity index (χ1) is 6.55. The third-order valence-electron chi connectivity index (χ3n) is 3.16. The molecule has 1 aliphatic rings. The van der Waals surface area contributed by atoms with Gasteiger partial charge in [-0.3, -0.25) is 0 Å². The van der Waals surface area contributed by atoms with Crippen LogP contribution in [0.1, 0.15) is 26.7 Å². The molecule has 1 heteroatoms. The van der Waals surface area contributed by atoms with Crippen molar-refractivity contribution in [1.29, 1.82) is 0 Å². The van der Waals surface area contributed by atoms with Gasteiger partial charge in [-0.25, -0.2) is 0 Å². The van der Waals surface area contributed by atoms with Crippen molar-refractivity contribution in [2.45, 2.75) is 32.3 Å². The topological polar surface area (TPSA) is 9.23 Å². The molecular weight excluding hydrogens is 172 g/mol. The average Bonchev–Trinajstić information content (AvgIpc) is 2.19. The van der Waals surface area contributed by atoms with Crippen LogP contribution in [0.15, 0.2) is 23.8 Å². The number of allylic oxidation sites excluding steroid dienone is 2. The molecule has 0 aromatic heterocycles. The quantitative estimate of drug-likeness (QED) is 0.480. The van der Waals surface area contributed by atoms with Crippen molar-refractivity contribution >= 4 is 0 Å². The molecular formula is C13H18O. The van der Waals surface area contributed by atoms with E-state index in [-0.39, 0.29) is 0 Å². The molecule has 0 aromatic rings. The Labute approximate surface area is 86.8 Å². The SMILES string of the molecule is C#CC1(OC)C[C@@H](C(=C)C)CC=C1C. The van der Waals surface area contributed by atoms with Crippen molar-refractivity contribution in [2.75, 3.05) is 7.11 Å². The Hall–Kier alpha value is -1.00. The van der Waals surface area contributed by atoms with Crippen molar-refractivity contribution < 1.29 is 4.74 Å². The molecule has 0 saturated carbocycles. The maximum absolute atomic E-state index is 5.56. The molecule has 0 amide bonds. The molecule has 0 radical (unpaired) electrons. The highest BCUT2D eigenvalue weighted by molar-refractivity contribution is 5.32. The number of hydrogen-bond donors (Lipinski definition) is 0. The molecule has 1 nitrogen and oxygen atoms in total. The molecule has 1 unspecified atom stereocenters. The minimum absolute atomic E-state index is 0.453. The molecule has 0 aromatic carbocycles. The smallest absolute Gasteiger partial charge is 0.149 e. The van der Waals surface area contributed by atoms with Crippen LogP contribution in [0, 0.1) is 18.3 Å². The molecule has 0 fully saturated rings. The average molecular weight is 190 g/mol. The van der Waals surface area contributed by atoms with E-state index >= 15 is 0 Å². The standard InChI is InChI=1S/C13H18O/c1-6-13(14-5)9-12(10(2)3)8-7-11(13)4/h1,7,12H,2,8-9H2,3-5H3/t12-,13?/m0/s1. The summed E-state index contributed by atoms with van der Waals surface area (Å²) in [5.41, 5.74) is 1.84. The van der Waals surface area contributed by atoms with Gasteiger partial charge in [0.1, 0.15) is 5.60 Å². The van der Waals surface area contributed by atoms with E-state index in [2.05, 4.69) is 25.5 Å². The Bertz CT molecular complexity index is 306. The summed E-state index contributed by atoms with van der Waals surface area (Å²) in [6, 6.07) is 0. The van der Waals surface area contributed by atoms with E-state index in [0.29, 0.717) is 5.92 Å². The third-order valence-corrected chi connectivity index (χ3v) is 3.16. The normalized spacial score (nSPS) is 31.9. The predicted octanol–water partition coefficient (Wildman–Crippen LogP) is 2.94. The molecule has 0 saturated heterocycles. The number of hydrogen-bond acceptors (Lipinski definition) is 1. The van der Waals surface area contributed by atoms with Crippen LogP contribution < -0.4 is 0 Å². The summed E-state index contributed by atoms with van der Waals surface area (Å²) in [6.45, 7) is 8.08. The summed E-state index contributed by atoms with van der Waals surface area (Å²) in [5, 5.41) is 0. The maximum Gasteiger partial charge on any atom is 0.149 e. The van der Waals surface area contributed by atoms with Crippen molar-refractivity contribution in [1.82, 2.24) is 0 Å². The molecule has 0 N–H and O–H groups in total. The molecule has 0 bridgehead atoms. The Morgan fingerprint density at radius 2 is 2.43 bits per heavy atom. The van der Waals surface area contributed by atoms with Gasteiger partial charge in [0, 0.05) is 7.11 Å². The van der Waals surface area contributed by atoms with Crippen molar-refractivity contribution in [3.05, 3.63) is 23.8 Å². The monoisotopic (exact) mass is 190 g/mol. The summed E-state index contributed by atoms with van der Waals surface area (Å²) in [5.74, 6) is 3.22. The second kappa shape index (κ2) is 4.02. The van der Waals surface area contributed by atoms with Crippen LogP contribution >= 0.6 is 0 Å². The third kappa shape index (κ3) is 1.76. The van der Waals surface area contributed by atoms with Gasteiger partial charge in [-0.1, -0.05) is 24.1 Å².